The van der Waals surface area contributed by atoms with Gasteiger partial charge in [0, 0.05) is 59.7 Å². The van der Waals surface area contributed by atoms with E-state index in [0.717, 1.165) is 79.5 Å². The summed E-state index contributed by atoms with van der Waals surface area (Å²) < 4.78 is 36.3. The molecule has 248 valence electrons. The molecule has 6 fully saturated rings. The first kappa shape index (κ1) is 29.7. The second-order valence-electron chi connectivity index (χ2n) is 15.1. The number of aromatic nitrogens is 1. The van der Waals surface area contributed by atoms with Crippen LogP contribution in [-0.4, -0.2) is 67.2 Å². The Morgan fingerprint density at radius 2 is 1.81 bits per heavy atom. The van der Waals surface area contributed by atoms with Crippen LogP contribution < -0.4 is 14.8 Å². The number of amides is 2. The van der Waals surface area contributed by atoms with Crippen LogP contribution in [0, 0.1) is 5.41 Å². The van der Waals surface area contributed by atoms with E-state index in [0.29, 0.717) is 36.9 Å². The average Bonchev–Trinajstić information content (AvgIpc) is 3.73. The van der Waals surface area contributed by atoms with Crippen molar-refractivity contribution in [3.63, 3.8) is 0 Å². The zero-order valence-corrected chi connectivity index (χ0v) is 27.9. The standard InChI is InChI=1S/C37H44N4O5S/c1-46-26-13-15-28-30(17-26)31-18-37(31,36(43)40-20-24-11-12-25(40)19-38-24)21-41-32-16-23(35(42)39-47(44,45)27-8-5-9-27)10-14-29(32)33(34(28)41)22-6-3-2-4-7-22/h10,13-17,22,24-25,27,31,38H,2-9,11-12,18-21H2,1H3,(H,39,42). The molecule has 3 aliphatic carbocycles. The van der Waals surface area contributed by atoms with E-state index in [9.17, 15) is 18.0 Å². The summed E-state index contributed by atoms with van der Waals surface area (Å²) in [5, 5.41) is 4.22. The number of rotatable bonds is 6. The number of fused-ring (bicyclic) bond motifs is 10. The summed E-state index contributed by atoms with van der Waals surface area (Å²) in [5.41, 5.74) is 5.47. The van der Waals surface area contributed by atoms with Gasteiger partial charge >= 0.3 is 0 Å². The third kappa shape index (κ3) is 4.60. The smallest absolute Gasteiger partial charge is 0.264 e. The van der Waals surface area contributed by atoms with Crippen molar-refractivity contribution in [3.8, 4) is 17.0 Å². The SMILES string of the molecule is COc1ccc2c(c1)C1CC1(C(=O)N1CC3CCC1CN3)Cn1c-2c(C2CCCCC2)c2ccc(C(=O)NS(=O)(=O)C3CCC3)cc21. The van der Waals surface area contributed by atoms with E-state index in [1.165, 1.54) is 30.4 Å². The monoisotopic (exact) mass is 656 g/mol. The lowest BCUT2D eigenvalue weighted by Crippen LogP contribution is -2.63. The fourth-order valence-corrected chi connectivity index (χ4v) is 11.1. The molecule has 47 heavy (non-hydrogen) atoms. The lowest BCUT2D eigenvalue weighted by Gasteiger charge is -2.47. The van der Waals surface area contributed by atoms with Crippen LogP contribution in [0.4, 0.5) is 0 Å². The molecule has 4 unspecified atom stereocenters. The van der Waals surface area contributed by atoms with E-state index in [2.05, 4.69) is 31.6 Å². The van der Waals surface area contributed by atoms with Crippen LogP contribution in [0.5, 0.6) is 5.75 Å². The summed E-state index contributed by atoms with van der Waals surface area (Å²) in [7, 11) is -2.02. The highest BCUT2D eigenvalue weighted by molar-refractivity contribution is 7.90. The van der Waals surface area contributed by atoms with Crippen LogP contribution in [0.15, 0.2) is 36.4 Å². The van der Waals surface area contributed by atoms with E-state index in [-0.39, 0.29) is 17.9 Å². The van der Waals surface area contributed by atoms with E-state index >= 15 is 0 Å². The van der Waals surface area contributed by atoms with E-state index < -0.39 is 26.6 Å². The number of hydrogen-bond donors (Lipinski definition) is 2. The number of carbonyl (C=O) groups is 2. The van der Waals surface area contributed by atoms with Crippen LogP contribution in [0.3, 0.4) is 0 Å². The van der Waals surface area contributed by atoms with Crippen molar-refractivity contribution in [2.45, 2.75) is 106 Å². The first-order chi connectivity index (χ1) is 22.8. The lowest BCUT2D eigenvalue weighted by molar-refractivity contribution is -0.144. The fraction of sp³-hybridized carbons (Fsp3) is 0.568. The van der Waals surface area contributed by atoms with Gasteiger partial charge in [-0.2, -0.15) is 0 Å². The molecule has 4 aliphatic heterocycles. The minimum Gasteiger partial charge on any atom is -0.497 e. The molecule has 3 saturated carbocycles. The number of benzene rings is 2. The molecule has 9 nitrogen and oxygen atoms in total. The predicted molar refractivity (Wildman–Crippen MR) is 180 cm³/mol. The van der Waals surface area contributed by atoms with Crippen LogP contribution in [0.25, 0.3) is 22.2 Å². The van der Waals surface area contributed by atoms with Crippen LogP contribution in [-0.2, 0) is 21.4 Å². The Hall–Kier alpha value is -3.37. The summed E-state index contributed by atoms with van der Waals surface area (Å²) in [6, 6.07) is 12.6. The van der Waals surface area contributed by atoms with Gasteiger partial charge in [-0.3, -0.25) is 9.59 Å². The number of piperidine rings is 2. The summed E-state index contributed by atoms with van der Waals surface area (Å²) in [6.45, 7) is 2.15. The minimum absolute atomic E-state index is 0.0850. The molecular formula is C37H44N4O5S. The Bertz CT molecular complexity index is 1900. The maximum atomic E-state index is 14.8. The molecule has 2 amide bonds. The first-order valence-electron chi connectivity index (χ1n) is 17.7. The zero-order chi connectivity index (χ0) is 32.1. The molecule has 4 atom stereocenters. The molecule has 10 heteroatoms. The molecule has 7 aliphatic rings. The van der Waals surface area contributed by atoms with Crippen molar-refractivity contribution >= 4 is 32.7 Å². The molecule has 0 spiro atoms. The fourth-order valence-electron chi connectivity index (χ4n) is 9.62. The number of nitrogens with one attached hydrogen (secondary N) is 2. The summed E-state index contributed by atoms with van der Waals surface area (Å²) >= 11 is 0. The van der Waals surface area contributed by atoms with Gasteiger partial charge in [0.2, 0.25) is 15.9 Å². The lowest BCUT2D eigenvalue weighted by atomic mass is 9.81. The largest absolute Gasteiger partial charge is 0.497 e. The van der Waals surface area contributed by atoms with Crippen molar-refractivity contribution in [1.82, 2.24) is 19.5 Å². The van der Waals surface area contributed by atoms with Crippen molar-refractivity contribution in [2.24, 2.45) is 5.41 Å². The summed E-state index contributed by atoms with van der Waals surface area (Å²) in [5.74, 6) is 0.928. The van der Waals surface area contributed by atoms with Gasteiger partial charge in [-0.05, 0) is 92.3 Å². The summed E-state index contributed by atoms with van der Waals surface area (Å²) in [4.78, 5) is 30.5. The average molecular weight is 657 g/mol. The Labute approximate surface area is 276 Å². The first-order valence-corrected chi connectivity index (χ1v) is 19.3. The van der Waals surface area contributed by atoms with Crippen LogP contribution >= 0.6 is 0 Å². The normalized spacial score (nSPS) is 28.5. The maximum Gasteiger partial charge on any atom is 0.264 e. The second-order valence-corrected chi connectivity index (χ2v) is 17.1. The van der Waals surface area contributed by atoms with E-state index in [1.54, 1.807) is 13.2 Å². The number of nitrogens with zero attached hydrogens (tertiary/aromatic N) is 2. The molecule has 10 rings (SSSR count). The van der Waals surface area contributed by atoms with Crippen molar-refractivity contribution in [3.05, 3.63) is 53.1 Å². The number of carbonyl (C=O) groups excluding carboxylic acids is 2. The number of hydrogen-bond acceptors (Lipinski definition) is 6. The zero-order valence-electron chi connectivity index (χ0n) is 27.1. The topological polar surface area (TPSA) is 110 Å². The molecule has 3 saturated heterocycles. The van der Waals surface area contributed by atoms with E-state index in [4.69, 9.17) is 4.74 Å². The Morgan fingerprint density at radius 3 is 2.49 bits per heavy atom. The third-order valence-electron chi connectivity index (χ3n) is 12.5. The molecule has 3 aromatic rings. The van der Waals surface area contributed by atoms with E-state index in [1.807, 2.05) is 18.2 Å². The van der Waals surface area contributed by atoms with Crippen molar-refractivity contribution in [1.29, 1.82) is 0 Å². The molecule has 0 radical (unpaired) electrons. The van der Waals surface area contributed by atoms with Gasteiger partial charge in [-0.15, -0.1) is 0 Å². The van der Waals surface area contributed by atoms with Crippen LogP contribution in [0.1, 0.15) is 104 Å². The van der Waals surface area contributed by atoms with Gasteiger partial charge in [0.05, 0.1) is 23.5 Å². The third-order valence-corrected chi connectivity index (χ3v) is 14.4. The molecular weight excluding hydrogens is 612 g/mol. The van der Waals surface area contributed by atoms with Crippen molar-refractivity contribution in [2.75, 3.05) is 20.2 Å². The van der Waals surface area contributed by atoms with Crippen molar-refractivity contribution < 1.29 is 22.7 Å². The maximum absolute atomic E-state index is 14.8. The highest BCUT2D eigenvalue weighted by Crippen LogP contribution is 2.66. The Kier molecular flexibility index (Phi) is 6.85. The second kappa shape index (κ2) is 10.8. The number of sulfonamides is 1. The highest BCUT2D eigenvalue weighted by Gasteiger charge is 2.64. The minimum atomic E-state index is -3.72. The highest BCUT2D eigenvalue weighted by atomic mass is 32.2. The molecule has 2 N–H and O–H groups in total. The predicted octanol–water partition coefficient (Wildman–Crippen LogP) is 5.43. The summed E-state index contributed by atoms with van der Waals surface area (Å²) in [6.07, 6.45) is 10.8. The molecule has 1 aromatic heterocycles. The van der Waals surface area contributed by atoms with Gasteiger partial charge < -0.3 is 19.5 Å². The molecule has 2 bridgehead atoms. The quantitative estimate of drug-likeness (QED) is 0.367. The number of methoxy groups -OCH3 is 1. The number of ether oxygens (including phenoxy) is 1. The molecule has 5 heterocycles. The molecule has 2 aromatic carbocycles. The Balaban J connectivity index is 1.21. The van der Waals surface area contributed by atoms with Gasteiger partial charge in [-0.25, -0.2) is 13.1 Å². The van der Waals surface area contributed by atoms with Gasteiger partial charge in [0.25, 0.3) is 5.91 Å². The van der Waals surface area contributed by atoms with Crippen LogP contribution in [0.2, 0.25) is 0 Å². The Morgan fingerprint density at radius 1 is 0.979 bits per heavy atom. The van der Waals surface area contributed by atoms with Gasteiger partial charge in [-0.1, -0.05) is 31.7 Å². The number of piperazine rings is 1. The van der Waals surface area contributed by atoms with Gasteiger partial charge in [0.1, 0.15) is 5.75 Å². The van der Waals surface area contributed by atoms with Gasteiger partial charge in [0.15, 0.2) is 0 Å².